The molecule has 1 aromatic rings. The highest BCUT2D eigenvalue weighted by atomic mass is 16.5. The molecule has 0 spiro atoms. The molecule has 0 aromatic heterocycles. The number of amides is 1. The summed E-state index contributed by atoms with van der Waals surface area (Å²) in [5, 5.41) is 12.1. The summed E-state index contributed by atoms with van der Waals surface area (Å²) in [6, 6.07) is 6.20. The Bertz CT molecular complexity index is 580. The van der Waals surface area contributed by atoms with E-state index in [9.17, 15) is 9.59 Å². The van der Waals surface area contributed by atoms with Crippen LogP contribution in [0.25, 0.3) is 0 Å². The quantitative estimate of drug-likeness (QED) is 0.863. The van der Waals surface area contributed by atoms with Crippen molar-refractivity contribution in [2.24, 2.45) is 5.92 Å². The lowest BCUT2D eigenvalue weighted by Gasteiger charge is -2.33. The largest absolute Gasteiger partial charge is 0.486 e. The number of carboxylic acids is 1. The average molecular weight is 333 g/mol. The minimum absolute atomic E-state index is 0.0778. The van der Waals surface area contributed by atoms with Gasteiger partial charge in [-0.1, -0.05) is 12.8 Å². The fourth-order valence-corrected chi connectivity index (χ4v) is 3.33. The number of carbonyl (C=O) groups excluding carboxylic acids is 1. The molecule has 3 rings (SSSR count). The molecule has 1 saturated carbocycles. The van der Waals surface area contributed by atoms with Crippen LogP contribution < -0.4 is 10.1 Å². The molecule has 6 nitrogen and oxygen atoms in total. The molecule has 0 radical (unpaired) electrons. The minimum Gasteiger partial charge on any atom is -0.486 e. The Kier molecular flexibility index (Phi) is 5.35. The molecule has 1 aromatic carbocycles. The van der Waals surface area contributed by atoms with Crippen molar-refractivity contribution in [1.29, 1.82) is 0 Å². The molecule has 2 aliphatic rings. The second-order valence-corrected chi connectivity index (χ2v) is 6.45. The van der Waals surface area contributed by atoms with Gasteiger partial charge in [-0.15, -0.1) is 0 Å². The van der Waals surface area contributed by atoms with Gasteiger partial charge in [0.2, 0.25) is 5.91 Å². The smallest absolute Gasteiger partial charge is 0.335 e. The third-order valence-corrected chi connectivity index (χ3v) is 4.75. The van der Waals surface area contributed by atoms with Crippen molar-refractivity contribution in [3.8, 4) is 5.75 Å². The lowest BCUT2D eigenvalue weighted by atomic mass is 10.0. The summed E-state index contributed by atoms with van der Waals surface area (Å²) < 4.78 is 11.4. The van der Waals surface area contributed by atoms with Gasteiger partial charge < -0.3 is 19.9 Å². The zero-order chi connectivity index (χ0) is 16.9. The van der Waals surface area contributed by atoms with E-state index in [1.165, 1.54) is 12.1 Å². The summed E-state index contributed by atoms with van der Waals surface area (Å²) >= 11 is 0. The monoisotopic (exact) mass is 333 g/mol. The lowest BCUT2D eigenvalue weighted by molar-refractivity contribution is -0.127. The molecule has 1 aliphatic heterocycles. The second kappa shape index (κ2) is 7.66. The Labute approximate surface area is 141 Å². The van der Waals surface area contributed by atoms with Crippen molar-refractivity contribution in [2.75, 3.05) is 13.2 Å². The van der Waals surface area contributed by atoms with Gasteiger partial charge in [0.05, 0.1) is 18.2 Å². The summed E-state index contributed by atoms with van der Waals surface area (Å²) in [7, 11) is 0. The highest BCUT2D eigenvalue weighted by Crippen LogP contribution is 2.26. The number of rotatable bonds is 5. The molecule has 2 atom stereocenters. The van der Waals surface area contributed by atoms with Crippen molar-refractivity contribution in [3.05, 3.63) is 29.8 Å². The summed E-state index contributed by atoms with van der Waals surface area (Å²) in [6.07, 6.45) is 4.65. The van der Waals surface area contributed by atoms with Crippen molar-refractivity contribution in [1.82, 2.24) is 5.32 Å². The Morgan fingerprint density at radius 2 is 1.83 bits per heavy atom. The summed E-state index contributed by atoms with van der Waals surface area (Å²) in [6.45, 7) is 1.02. The van der Waals surface area contributed by atoms with Crippen LogP contribution in [0.2, 0.25) is 0 Å². The normalized spacial score (nSPS) is 24.5. The fraction of sp³-hybridized carbons (Fsp3) is 0.556. The van der Waals surface area contributed by atoms with Gasteiger partial charge in [0, 0.05) is 12.5 Å². The molecule has 130 valence electrons. The maximum atomic E-state index is 12.4. The van der Waals surface area contributed by atoms with Crippen LogP contribution in [-0.2, 0) is 9.53 Å². The molecule has 6 heteroatoms. The van der Waals surface area contributed by atoms with E-state index >= 15 is 0 Å². The van der Waals surface area contributed by atoms with Crippen LogP contribution in [0.5, 0.6) is 5.75 Å². The van der Waals surface area contributed by atoms with E-state index in [0.29, 0.717) is 19.0 Å². The molecular weight excluding hydrogens is 310 g/mol. The predicted octanol–water partition coefficient (Wildman–Crippen LogP) is 2.23. The van der Waals surface area contributed by atoms with Crippen molar-refractivity contribution < 1.29 is 24.2 Å². The first-order valence-electron chi connectivity index (χ1n) is 8.51. The second-order valence-electron chi connectivity index (χ2n) is 6.45. The number of hydrogen-bond acceptors (Lipinski definition) is 4. The van der Waals surface area contributed by atoms with Gasteiger partial charge in [0.1, 0.15) is 11.9 Å². The van der Waals surface area contributed by atoms with Crippen LogP contribution in [0.1, 0.15) is 42.5 Å². The SMILES string of the molecule is O=C(O)c1ccc(O[C@@H]2COCC[C@H]2NC(=O)C2CCCC2)cc1. The van der Waals surface area contributed by atoms with Gasteiger partial charge in [0.15, 0.2) is 0 Å². The molecule has 1 amide bonds. The van der Waals surface area contributed by atoms with E-state index in [1.807, 2.05) is 0 Å². The molecule has 1 heterocycles. The molecule has 2 fully saturated rings. The van der Waals surface area contributed by atoms with Crippen LogP contribution in [0.15, 0.2) is 24.3 Å². The van der Waals surface area contributed by atoms with Crippen LogP contribution in [-0.4, -0.2) is 42.3 Å². The van der Waals surface area contributed by atoms with Gasteiger partial charge in [-0.3, -0.25) is 4.79 Å². The molecule has 2 N–H and O–H groups in total. The summed E-state index contributed by atoms with van der Waals surface area (Å²) in [5.74, 6) is -0.141. The number of hydrogen-bond donors (Lipinski definition) is 2. The molecule has 24 heavy (non-hydrogen) atoms. The van der Waals surface area contributed by atoms with Gasteiger partial charge in [-0.25, -0.2) is 4.79 Å². The molecular formula is C18H23NO5. The first-order valence-corrected chi connectivity index (χ1v) is 8.51. The highest BCUT2D eigenvalue weighted by Gasteiger charge is 2.32. The van der Waals surface area contributed by atoms with Gasteiger partial charge in [0.25, 0.3) is 0 Å². The first kappa shape index (κ1) is 16.8. The Hall–Kier alpha value is -2.08. The number of aromatic carboxylic acids is 1. The van der Waals surface area contributed by atoms with Gasteiger partial charge in [-0.2, -0.15) is 0 Å². The van der Waals surface area contributed by atoms with E-state index in [4.69, 9.17) is 14.6 Å². The molecule has 0 unspecified atom stereocenters. The average Bonchev–Trinajstić information content (AvgIpc) is 3.12. The Balaban J connectivity index is 1.61. The summed E-state index contributed by atoms with van der Waals surface area (Å²) in [5.41, 5.74) is 0.216. The number of benzene rings is 1. The topological polar surface area (TPSA) is 84.9 Å². The Morgan fingerprint density at radius 1 is 1.12 bits per heavy atom. The molecule has 1 saturated heterocycles. The third kappa shape index (κ3) is 4.06. The van der Waals surface area contributed by atoms with Crippen LogP contribution in [0.3, 0.4) is 0 Å². The van der Waals surface area contributed by atoms with E-state index in [2.05, 4.69) is 5.32 Å². The number of ether oxygens (including phenoxy) is 2. The van der Waals surface area contributed by atoms with E-state index < -0.39 is 5.97 Å². The van der Waals surface area contributed by atoms with Crippen molar-refractivity contribution in [3.63, 3.8) is 0 Å². The first-order chi connectivity index (χ1) is 11.6. The lowest BCUT2D eigenvalue weighted by Crippen LogP contribution is -2.52. The van der Waals surface area contributed by atoms with Crippen LogP contribution >= 0.6 is 0 Å². The molecule has 1 aliphatic carbocycles. The summed E-state index contributed by atoms with van der Waals surface area (Å²) in [4.78, 5) is 23.3. The van der Waals surface area contributed by atoms with Crippen LogP contribution in [0, 0.1) is 5.92 Å². The third-order valence-electron chi connectivity index (χ3n) is 4.75. The zero-order valence-electron chi connectivity index (χ0n) is 13.6. The van der Waals surface area contributed by atoms with Gasteiger partial charge >= 0.3 is 5.97 Å². The van der Waals surface area contributed by atoms with Gasteiger partial charge in [-0.05, 0) is 43.5 Å². The van der Waals surface area contributed by atoms with Crippen molar-refractivity contribution >= 4 is 11.9 Å². The molecule has 0 bridgehead atoms. The van der Waals surface area contributed by atoms with Crippen LogP contribution in [0.4, 0.5) is 0 Å². The van der Waals surface area contributed by atoms with E-state index in [1.54, 1.807) is 12.1 Å². The fourth-order valence-electron chi connectivity index (χ4n) is 3.33. The highest BCUT2D eigenvalue weighted by molar-refractivity contribution is 5.87. The Morgan fingerprint density at radius 3 is 2.50 bits per heavy atom. The number of carboxylic acid groups (broad SMARTS) is 1. The predicted molar refractivity (Wildman–Crippen MR) is 87.1 cm³/mol. The zero-order valence-corrected chi connectivity index (χ0v) is 13.6. The van der Waals surface area contributed by atoms with Crippen molar-refractivity contribution in [2.45, 2.75) is 44.2 Å². The standard InChI is InChI=1S/C18H23NO5/c20-17(12-3-1-2-4-12)19-15-9-10-23-11-16(15)24-14-7-5-13(6-8-14)18(21)22/h5-8,12,15-16H,1-4,9-11H2,(H,19,20)(H,21,22)/t15-,16-/m1/s1. The minimum atomic E-state index is -0.968. The van der Waals surface area contributed by atoms with E-state index in [-0.39, 0.29) is 29.5 Å². The maximum Gasteiger partial charge on any atom is 0.335 e. The maximum absolute atomic E-state index is 12.4. The number of carbonyl (C=O) groups is 2. The number of nitrogens with one attached hydrogen (secondary N) is 1. The van der Waals surface area contributed by atoms with E-state index in [0.717, 1.165) is 32.1 Å².